The van der Waals surface area contributed by atoms with E-state index in [4.69, 9.17) is 9.84 Å². The fraction of sp³-hybridized carbons (Fsp3) is 0.600. The second-order valence-electron chi connectivity index (χ2n) is 3.68. The van der Waals surface area contributed by atoms with E-state index in [0.29, 0.717) is 11.6 Å². The standard InChI is InChI=1S/C10H15F3N4O2/c1-14-7-3-8(17-9(16-7)5-19-2)15-4-6(18)10(11,12)13/h3,6,18H,4-5H2,1-2H3,(H2,14,15,16,17). The van der Waals surface area contributed by atoms with Crippen molar-refractivity contribution in [3.63, 3.8) is 0 Å². The van der Waals surface area contributed by atoms with Crippen molar-refractivity contribution in [2.45, 2.75) is 18.9 Å². The number of hydrogen-bond donors (Lipinski definition) is 3. The number of alkyl halides is 3. The molecule has 1 atom stereocenters. The molecule has 0 bridgehead atoms. The fourth-order valence-corrected chi connectivity index (χ4v) is 1.23. The summed E-state index contributed by atoms with van der Waals surface area (Å²) in [6, 6.07) is 1.43. The van der Waals surface area contributed by atoms with Crippen molar-refractivity contribution < 1.29 is 23.0 Å². The Morgan fingerprint density at radius 2 is 2.00 bits per heavy atom. The molecule has 1 aromatic rings. The summed E-state index contributed by atoms with van der Waals surface area (Å²) in [7, 11) is 3.07. The molecule has 0 saturated heterocycles. The Morgan fingerprint density at radius 3 is 2.53 bits per heavy atom. The Hall–Kier alpha value is -1.61. The molecule has 1 aromatic heterocycles. The van der Waals surface area contributed by atoms with Crippen molar-refractivity contribution in [3.05, 3.63) is 11.9 Å². The molecular formula is C10H15F3N4O2. The van der Waals surface area contributed by atoms with Crippen molar-refractivity contribution in [3.8, 4) is 0 Å². The number of halogens is 3. The molecule has 0 aliphatic rings. The van der Waals surface area contributed by atoms with E-state index in [0.717, 1.165) is 0 Å². The van der Waals surface area contributed by atoms with Crippen molar-refractivity contribution in [1.29, 1.82) is 0 Å². The summed E-state index contributed by atoms with van der Waals surface area (Å²) in [5.41, 5.74) is 0. The molecule has 9 heteroatoms. The van der Waals surface area contributed by atoms with Crippen LogP contribution in [0.1, 0.15) is 5.82 Å². The van der Waals surface area contributed by atoms with Gasteiger partial charge in [0.05, 0.1) is 6.54 Å². The van der Waals surface area contributed by atoms with Crippen LogP contribution in [-0.2, 0) is 11.3 Å². The molecule has 0 spiro atoms. The number of hydrogen-bond acceptors (Lipinski definition) is 6. The molecule has 6 nitrogen and oxygen atoms in total. The van der Waals surface area contributed by atoms with E-state index in [-0.39, 0.29) is 12.4 Å². The number of aromatic nitrogens is 2. The predicted octanol–water partition coefficient (Wildman–Crippen LogP) is 1.000. The minimum atomic E-state index is -4.67. The first-order valence-electron chi connectivity index (χ1n) is 5.40. The maximum absolute atomic E-state index is 12.1. The summed E-state index contributed by atoms with van der Waals surface area (Å²) in [6.07, 6.45) is -7.12. The van der Waals surface area contributed by atoms with Gasteiger partial charge < -0.3 is 20.5 Å². The first kappa shape index (κ1) is 15.4. The predicted molar refractivity (Wildman–Crippen MR) is 62.8 cm³/mol. The smallest absolute Gasteiger partial charge is 0.382 e. The molecule has 1 unspecified atom stereocenters. The Kier molecular flexibility index (Phi) is 5.31. The molecular weight excluding hydrogens is 265 g/mol. The lowest BCUT2D eigenvalue weighted by Gasteiger charge is -2.16. The zero-order valence-corrected chi connectivity index (χ0v) is 10.5. The average molecular weight is 280 g/mol. The Labute approximate surface area is 108 Å². The van der Waals surface area contributed by atoms with Crippen LogP contribution >= 0.6 is 0 Å². The van der Waals surface area contributed by atoms with Crippen molar-refractivity contribution >= 4 is 11.6 Å². The van der Waals surface area contributed by atoms with E-state index < -0.39 is 18.8 Å². The SMILES string of the molecule is CNc1cc(NCC(O)C(F)(F)F)nc(COC)n1. The summed E-state index contributed by atoms with van der Waals surface area (Å²) in [5, 5.41) is 14.0. The average Bonchev–Trinajstić information content (AvgIpc) is 2.34. The van der Waals surface area contributed by atoms with Crippen LogP contribution in [0.3, 0.4) is 0 Å². The van der Waals surface area contributed by atoms with Gasteiger partial charge in [0.25, 0.3) is 0 Å². The van der Waals surface area contributed by atoms with Crippen molar-refractivity contribution in [2.75, 3.05) is 31.3 Å². The van der Waals surface area contributed by atoms with Crippen LogP contribution in [-0.4, -0.2) is 48.1 Å². The normalized spacial score (nSPS) is 13.2. The van der Waals surface area contributed by atoms with Gasteiger partial charge in [-0.05, 0) is 0 Å². The lowest BCUT2D eigenvalue weighted by Crippen LogP contribution is -2.35. The highest BCUT2D eigenvalue weighted by molar-refractivity contribution is 5.47. The molecule has 0 aliphatic heterocycles. The first-order chi connectivity index (χ1) is 8.86. The highest BCUT2D eigenvalue weighted by atomic mass is 19.4. The molecule has 1 heterocycles. The second-order valence-corrected chi connectivity index (χ2v) is 3.68. The third-order valence-electron chi connectivity index (χ3n) is 2.16. The topological polar surface area (TPSA) is 79.3 Å². The van der Waals surface area contributed by atoms with Gasteiger partial charge in [0.2, 0.25) is 0 Å². The molecule has 0 fully saturated rings. The number of methoxy groups -OCH3 is 1. The number of ether oxygens (including phenoxy) is 1. The summed E-state index contributed by atoms with van der Waals surface area (Å²) in [5.74, 6) is 0.930. The van der Waals surface area contributed by atoms with Crippen LogP contribution < -0.4 is 10.6 Å². The molecule has 0 aliphatic carbocycles. The van der Waals surface area contributed by atoms with Crippen LogP contribution in [0.15, 0.2) is 6.07 Å². The zero-order chi connectivity index (χ0) is 14.5. The number of aliphatic hydroxyl groups is 1. The van der Waals surface area contributed by atoms with Crippen LogP contribution in [0.5, 0.6) is 0 Å². The minimum absolute atomic E-state index is 0.131. The minimum Gasteiger partial charge on any atom is -0.382 e. The van der Waals surface area contributed by atoms with Gasteiger partial charge >= 0.3 is 6.18 Å². The van der Waals surface area contributed by atoms with E-state index >= 15 is 0 Å². The van der Waals surface area contributed by atoms with E-state index in [2.05, 4.69) is 20.6 Å². The number of anilines is 2. The van der Waals surface area contributed by atoms with E-state index in [1.165, 1.54) is 13.2 Å². The van der Waals surface area contributed by atoms with Gasteiger partial charge in [0, 0.05) is 20.2 Å². The summed E-state index contributed by atoms with van der Waals surface area (Å²) < 4.78 is 41.3. The second kappa shape index (κ2) is 6.53. The van der Waals surface area contributed by atoms with E-state index in [1.807, 2.05) is 0 Å². The molecule has 108 valence electrons. The molecule has 3 N–H and O–H groups in total. The van der Waals surface area contributed by atoms with Gasteiger partial charge in [-0.25, -0.2) is 9.97 Å². The third-order valence-corrected chi connectivity index (χ3v) is 2.16. The quantitative estimate of drug-likeness (QED) is 0.721. The number of aliphatic hydroxyl groups excluding tert-OH is 1. The lowest BCUT2D eigenvalue weighted by atomic mass is 10.3. The first-order valence-corrected chi connectivity index (χ1v) is 5.40. The molecule has 0 amide bonds. The summed E-state index contributed by atoms with van der Waals surface area (Å²) in [4.78, 5) is 8.00. The molecule has 0 aromatic carbocycles. The van der Waals surface area contributed by atoms with E-state index in [1.54, 1.807) is 7.05 Å². The Bertz CT molecular complexity index is 414. The lowest BCUT2D eigenvalue weighted by molar-refractivity contribution is -0.198. The summed E-state index contributed by atoms with van der Waals surface area (Å²) >= 11 is 0. The van der Waals surface area contributed by atoms with Crippen LogP contribution in [0, 0.1) is 0 Å². The van der Waals surface area contributed by atoms with E-state index in [9.17, 15) is 13.2 Å². The largest absolute Gasteiger partial charge is 0.416 e. The molecule has 1 rings (SSSR count). The van der Waals surface area contributed by atoms with Crippen LogP contribution in [0.2, 0.25) is 0 Å². The van der Waals surface area contributed by atoms with Gasteiger partial charge in [0.15, 0.2) is 11.9 Å². The van der Waals surface area contributed by atoms with Crippen molar-refractivity contribution in [2.24, 2.45) is 0 Å². The highest BCUT2D eigenvalue weighted by Crippen LogP contribution is 2.20. The van der Waals surface area contributed by atoms with Gasteiger partial charge in [0.1, 0.15) is 18.2 Å². The number of nitrogens with one attached hydrogen (secondary N) is 2. The van der Waals surface area contributed by atoms with Gasteiger partial charge in [-0.2, -0.15) is 13.2 Å². The van der Waals surface area contributed by atoms with Crippen molar-refractivity contribution in [1.82, 2.24) is 9.97 Å². The maximum Gasteiger partial charge on any atom is 0.416 e. The Morgan fingerprint density at radius 1 is 1.37 bits per heavy atom. The fourth-order valence-electron chi connectivity index (χ4n) is 1.23. The summed E-state index contributed by atoms with van der Waals surface area (Å²) in [6.45, 7) is -0.553. The van der Waals surface area contributed by atoms with Gasteiger partial charge in [-0.3, -0.25) is 0 Å². The van der Waals surface area contributed by atoms with Gasteiger partial charge in [-0.15, -0.1) is 0 Å². The monoisotopic (exact) mass is 280 g/mol. The zero-order valence-electron chi connectivity index (χ0n) is 10.5. The van der Waals surface area contributed by atoms with Gasteiger partial charge in [-0.1, -0.05) is 0 Å². The van der Waals surface area contributed by atoms with Crippen LogP contribution in [0.4, 0.5) is 24.8 Å². The molecule has 0 radical (unpaired) electrons. The highest BCUT2D eigenvalue weighted by Gasteiger charge is 2.37. The number of nitrogens with zero attached hydrogens (tertiary/aromatic N) is 2. The Balaban J connectivity index is 2.74. The molecule has 0 saturated carbocycles. The van der Waals surface area contributed by atoms with Crippen LogP contribution in [0.25, 0.3) is 0 Å². The maximum atomic E-state index is 12.1. The number of rotatable bonds is 6. The third kappa shape index (κ3) is 4.87. The molecule has 19 heavy (non-hydrogen) atoms.